The highest BCUT2D eigenvalue weighted by Crippen LogP contribution is 2.42. The van der Waals surface area contributed by atoms with E-state index in [1.54, 1.807) is 37.6 Å². The fourth-order valence-electron chi connectivity index (χ4n) is 8.57. The number of nitrogens with two attached hydrogens (primary N) is 1. The number of thiazole rings is 1. The number of amides is 5. The molecule has 6 rings (SSSR count). The number of aliphatic hydroxyl groups is 1. The Balaban J connectivity index is 0.893. The van der Waals surface area contributed by atoms with Gasteiger partial charge in [-0.15, -0.1) is 11.3 Å². The number of anilines is 2. The third kappa shape index (κ3) is 13.6. The number of carbonyl (C=O) groups is 5. The average Bonchev–Trinajstić information content (AvgIpc) is 4.01. The molecule has 3 atom stereocenters. The van der Waals surface area contributed by atoms with E-state index >= 15 is 4.39 Å². The minimum atomic E-state index is -5.25. The Labute approximate surface area is 440 Å². The normalized spacial score (nSPS) is 17.0. The summed E-state index contributed by atoms with van der Waals surface area (Å²) >= 11 is 7.03. The number of β-amino-alcohol motifs (C(OH)–C–C–N with tert-alkyl or cyclic N) is 1. The number of likely N-dealkylation sites (tertiary alicyclic amines) is 1. The predicted molar refractivity (Wildman–Crippen MR) is 273 cm³/mol. The SMILES string of the molecule is Cc1ncsc1-c1ccc(CNC(=O)[C@@H]2C[C@@H](O)CN2C(=O)[C@@H](NC(=O)COCCCOCCCCCOc2ncc(N3C(=S)N(c4ccc(C#N)c(C(F)(F)F)c4F)C(=O)C3(C)C)cc2C(N)=O)C(C)(C)C)cc1. The second-order valence-corrected chi connectivity index (χ2v) is 20.8. The van der Waals surface area contributed by atoms with Crippen LogP contribution in [0.4, 0.5) is 28.9 Å². The first-order valence-electron chi connectivity index (χ1n) is 24.0. The summed E-state index contributed by atoms with van der Waals surface area (Å²) in [5.74, 6) is -5.21. The summed E-state index contributed by atoms with van der Waals surface area (Å²) in [5, 5.41) is 25.0. The summed E-state index contributed by atoms with van der Waals surface area (Å²) in [6.07, 6.45) is -2.56. The van der Waals surface area contributed by atoms with Gasteiger partial charge in [0, 0.05) is 39.3 Å². The van der Waals surface area contributed by atoms with Gasteiger partial charge >= 0.3 is 6.18 Å². The molecule has 0 spiro atoms. The van der Waals surface area contributed by atoms with E-state index in [1.165, 1.54) is 42.0 Å². The van der Waals surface area contributed by atoms with Gasteiger partial charge in [-0.05, 0) is 93.4 Å². The van der Waals surface area contributed by atoms with Crippen molar-refractivity contribution >= 4 is 69.6 Å². The van der Waals surface area contributed by atoms with Gasteiger partial charge in [0.15, 0.2) is 10.9 Å². The van der Waals surface area contributed by atoms with Crippen LogP contribution in [0, 0.1) is 29.5 Å². The van der Waals surface area contributed by atoms with Crippen LogP contribution in [-0.2, 0) is 41.4 Å². The molecule has 5 N–H and O–H groups in total. The molecule has 0 bridgehead atoms. The maximum Gasteiger partial charge on any atom is 0.420 e. The number of rotatable bonds is 22. The molecule has 2 fully saturated rings. The predicted octanol–water partition coefficient (Wildman–Crippen LogP) is 6.34. The molecule has 4 aromatic rings. The van der Waals surface area contributed by atoms with Gasteiger partial charge in [-0.2, -0.15) is 18.4 Å². The zero-order chi connectivity index (χ0) is 55.0. The van der Waals surface area contributed by atoms with Crippen molar-refractivity contribution in [1.82, 2.24) is 25.5 Å². The number of aromatic nitrogens is 2. The van der Waals surface area contributed by atoms with Crippen LogP contribution in [-0.4, -0.2) is 118 Å². The lowest BCUT2D eigenvalue weighted by molar-refractivity contribution is -0.144. The van der Waals surface area contributed by atoms with Crippen molar-refractivity contribution in [2.75, 3.05) is 49.4 Å². The number of benzene rings is 2. The van der Waals surface area contributed by atoms with E-state index in [0.29, 0.717) is 43.8 Å². The number of halogens is 4. The Morgan fingerprint density at radius 1 is 1.01 bits per heavy atom. The number of hydrogen-bond acceptors (Lipinski definition) is 14. The number of primary amides is 1. The fourth-order valence-corrected chi connectivity index (χ4v) is 9.90. The van der Waals surface area contributed by atoms with Crippen LogP contribution < -0.4 is 30.9 Å². The van der Waals surface area contributed by atoms with Gasteiger partial charge < -0.3 is 45.5 Å². The van der Waals surface area contributed by atoms with Crippen LogP contribution in [0.1, 0.15) is 99.5 Å². The molecule has 0 unspecified atom stereocenters. The Hall–Kier alpha value is -6.65. The van der Waals surface area contributed by atoms with Gasteiger partial charge in [0.05, 0.1) is 58.0 Å². The van der Waals surface area contributed by atoms with E-state index in [1.807, 2.05) is 31.2 Å². The molecule has 24 heteroatoms. The number of thiocarbonyl (C=S) groups is 1. The number of nitrogens with one attached hydrogen (secondary N) is 2. The third-order valence-electron chi connectivity index (χ3n) is 12.5. The van der Waals surface area contributed by atoms with Crippen molar-refractivity contribution < 1.29 is 60.9 Å². The number of ether oxygens (including phenoxy) is 3. The molecular weight excluding hydrogens is 1020 g/mol. The molecule has 2 aliphatic rings. The minimum Gasteiger partial charge on any atom is -0.477 e. The van der Waals surface area contributed by atoms with Gasteiger partial charge in [-0.3, -0.25) is 28.9 Å². The highest BCUT2D eigenvalue weighted by atomic mass is 32.1. The summed E-state index contributed by atoms with van der Waals surface area (Å²) in [4.78, 5) is 79.3. The average molecular weight is 1080 g/mol. The molecule has 75 heavy (non-hydrogen) atoms. The molecule has 2 aromatic carbocycles. The van der Waals surface area contributed by atoms with Gasteiger partial charge in [0.2, 0.25) is 23.6 Å². The number of alkyl halides is 3. The number of aliphatic hydroxyl groups excluding tert-OH is 1. The number of hydrogen-bond donors (Lipinski definition) is 4. The van der Waals surface area contributed by atoms with Crippen LogP contribution in [0.3, 0.4) is 0 Å². The lowest BCUT2D eigenvalue weighted by atomic mass is 9.85. The molecule has 2 saturated heterocycles. The minimum absolute atomic E-state index is 0.0496. The van der Waals surface area contributed by atoms with Crippen molar-refractivity contribution in [1.29, 1.82) is 5.26 Å². The molecule has 2 aliphatic heterocycles. The van der Waals surface area contributed by atoms with Crippen molar-refractivity contribution in [3.8, 4) is 22.4 Å². The Kier molecular flexibility index (Phi) is 18.7. The molecule has 18 nitrogen and oxygen atoms in total. The molecular formula is C51H59F4N9O9S2. The second-order valence-electron chi connectivity index (χ2n) is 19.5. The van der Waals surface area contributed by atoms with Gasteiger partial charge in [0.25, 0.3) is 11.8 Å². The number of unbranched alkanes of at least 4 members (excludes halogenated alkanes) is 2. The molecule has 2 aromatic heterocycles. The van der Waals surface area contributed by atoms with Crippen molar-refractivity contribution in [3.05, 3.63) is 87.9 Å². The van der Waals surface area contributed by atoms with E-state index in [-0.39, 0.29) is 56.5 Å². The lowest BCUT2D eigenvalue weighted by Crippen LogP contribution is -2.58. The largest absolute Gasteiger partial charge is 0.477 e. The smallest absolute Gasteiger partial charge is 0.420 e. The number of aryl methyl sites for hydroxylation is 1. The van der Waals surface area contributed by atoms with E-state index < -0.39 is 92.6 Å². The quantitative estimate of drug-likeness (QED) is 0.0382. The summed E-state index contributed by atoms with van der Waals surface area (Å²) in [6, 6.07) is 10.00. The third-order valence-corrected chi connectivity index (χ3v) is 13.8. The summed E-state index contributed by atoms with van der Waals surface area (Å²) in [7, 11) is 0. The Morgan fingerprint density at radius 3 is 2.33 bits per heavy atom. The van der Waals surface area contributed by atoms with Crippen LogP contribution in [0.2, 0.25) is 0 Å². The molecule has 0 saturated carbocycles. The molecule has 0 radical (unpaired) electrons. The molecule has 5 amide bonds. The van der Waals surface area contributed by atoms with Crippen LogP contribution in [0.5, 0.6) is 5.88 Å². The number of carbonyl (C=O) groups excluding carboxylic acids is 5. The zero-order valence-electron chi connectivity index (χ0n) is 42.2. The molecule has 4 heterocycles. The summed E-state index contributed by atoms with van der Waals surface area (Å²) < 4.78 is 73.9. The van der Waals surface area contributed by atoms with Crippen LogP contribution in [0.25, 0.3) is 10.4 Å². The van der Waals surface area contributed by atoms with E-state index in [9.17, 15) is 47.5 Å². The van der Waals surface area contributed by atoms with E-state index in [0.717, 1.165) is 33.8 Å². The van der Waals surface area contributed by atoms with Gasteiger partial charge in [-0.1, -0.05) is 45.0 Å². The number of nitrogens with zero attached hydrogens (tertiary/aromatic N) is 6. The van der Waals surface area contributed by atoms with Gasteiger partial charge in [0.1, 0.15) is 35.4 Å². The fraction of sp³-hybridized carbons (Fsp3) is 0.471. The maximum absolute atomic E-state index is 15.5. The molecule has 0 aliphatic carbocycles. The van der Waals surface area contributed by atoms with Crippen molar-refractivity contribution in [2.24, 2.45) is 11.1 Å². The summed E-state index contributed by atoms with van der Waals surface area (Å²) in [6.45, 7) is 11.0. The van der Waals surface area contributed by atoms with E-state index in [4.69, 9.17) is 32.2 Å². The summed E-state index contributed by atoms with van der Waals surface area (Å²) in [5.41, 5.74) is 4.15. The van der Waals surface area contributed by atoms with Crippen LogP contribution in [0.15, 0.2) is 54.2 Å². The van der Waals surface area contributed by atoms with E-state index in [2.05, 4.69) is 20.6 Å². The standard InChI is InChI=1S/C51H59F4N9O9S2/c1-29-41(75-28-60-29)31-13-11-30(12-14-31)24-58-44(68)37-22-34(65)26-62(37)46(69)42(49(2,3)4)61-38(66)27-72-19-10-18-71-17-8-7-9-20-73-45-35(43(57)67)21-33(25-59-45)64-48(74)63(47(70)50(64,5)6)36-16-15-32(23-56)39(40(36)52)51(53,54)55/h11-16,21,25,28,34,37,42,65H,7-10,17-20,22,24,26-27H2,1-6H3,(H2,57,67)(H,58,68)(H,61,66)/t34-,37+,42-/m1/s1. The van der Waals surface area contributed by atoms with Gasteiger partial charge in [-0.25, -0.2) is 14.4 Å². The zero-order valence-corrected chi connectivity index (χ0v) is 43.8. The van der Waals surface area contributed by atoms with Crippen LogP contribution >= 0.6 is 23.6 Å². The number of pyridine rings is 1. The highest BCUT2D eigenvalue weighted by Gasteiger charge is 2.52. The monoisotopic (exact) mass is 1080 g/mol. The maximum atomic E-state index is 15.5. The first-order chi connectivity index (χ1) is 35.4. The topological polar surface area (TPSA) is 243 Å². The Morgan fingerprint density at radius 2 is 1.69 bits per heavy atom. The first-order valence-corrected chi connectivity index (χ1v) is 25.3. The number of nitriles is 1. The second kappa shape index (κ2) is 24.3. The van der Waals surface area contributed by atoms with Crippen molar-refractivity contribution in [3.63, 3.8) is 0 Å². The first kappa shape index (κ1) is 57.6. The highest BCUT2D eigenvalue weighted by molar-refractivity contribution is 7.81. The van der Waals surface area contributed by atoms with Crippen molar-refractivity contribution in [2.45, 2.75) is 110 Å². The Bertz CT molecular complexity index is 2820. The molecule has 402 valence electrons. The lowest BCUT2D eigenvalue weighted by Gasteiger charge is -2.35.